The van der Waals surface area contributed by atoms with E-state index in [1.54, 1.807) is 18.6 Å². The number of carbonyl (C=O) groups is 1. The molecule has 0 unspecified atom stereocenters. The zero-order chi connectivity index (χ0) is 26.8. The normalized spacial score (nSPS) is 11.2. The number of aromatic nitrogens is 4. The molecule has 192 valence electrons. The molecule has 0 aliphatic heterocycles. The molecule has 0 atom stereocenters. The highest BCUT2D eigenvalue weighted by Gasteiger charge is 2.14. The monoisotopic (exact) mass is 504 g/mol. The second-order valence-electron chi connectivity index (χ2n) is 9.90. The highest BCUT2D eigenvalue weighted by molar-refractivity contribution is 5.95. The number of pyridine rings is 2. The summed E-state index contributed by atoms with van der Waals surface area (Å²) in [6.07, 6.45) is 7.78. The van der Waals surface area contributed by atoms with Gasteiger partial charge < -0.3 is 11.1 Å². The molecule has 1 amide bonds. The second kappa shape index (κ2) is 10.5. The Balaban J connectivity index is 1.27. The van der Waals surface area contributed by atoms with E-state index in [9.17, 15) is 4.79 Å². The summed E-state index contributed by atoms with van der Waals surface area (Å²) in [5.41, 5.74) is 15.8. The van der Waals surface area contributed by atoms with Gasteiger partial charge in [-0.05, 0) is 96.3 Å². The van der Waals surface area contributed by atoms with Crippen molar-refractivity contribution in [3.8, 4) is 0 Å². The number of nitrogens with zero attached hydrogens (tertiary/aromatic N) is 4. The van der Waals surface area contributed by atoms with Crippen molar-refractivity contribution in [1.29, 1.82) is 0 Å². The summed E-state index contributed by atoms with van der Waals surface area (Å²) in [6, 6.07) is 14.4. The predicted octanol–water partition coefficient (Wildman–Crippen LogP) is 5.21. The lowest BCUT2D eigenvalue weighted by atomic mass is 9.95. The number of anilines is 1. The van der Waals surface area contributed by atoms with Crippen molar-refractivity contribution >= 4 is 22.5 Å². The molecular weight excluding hydrogens is 472 g/mol. The van der Waals surface area contributed by atoms with Crippen molar-refractivity contribution in [2.45, 2.75) is 47.2 Å². The smallest absolute Gasteiger partial charge is 0.254 e. The Hall–Kier alpha value is -4.52. The summed E-state index contributed by atoms with van der Waals surface area (Å²) in [4.78, 5) is 21.6. The third-order valence-corrected chi connectivity index (χ3v) is 7.22. The molecule has 38 heavy (non-hydrogen) atoms. The lowest BCUT2D eigenvalue weighted by molar-refractivity contribution is 0.0950. The number of hydrogen-bond donors (Lipinski definition) is 2. The third-order valence-electron chi connectivity index (χ3n) is 7.22. The standard InChI is InChI=1S/C31H32N6O/c1-19-11-23(12-20(2)27(19)14-25-7-5-6-9-33-25)17-37-18-24(15-36-37)31(38)35-16-29-21(3)13-28-26(22(29)4)8-10-34-30(28)32/h5-13,15,18H,14,16-17H2,1-4H3,(H2,32,34)(H,35,38). The minimum atomic E-state index is -0.151. The van der Waals surface area contributed by atoms with E-state index in [0.717, 1.165) is 45.1 Å². The van der Waals surface area contributed by atoms with E-state index in [1.165, 1.54) is 16.7 Å². The number of nitrogens with one attached hydrogen (secondary N) is 1. The number of hydrogen-bond acceptors (Lipinski definition) is 5. The Bertz CT molecular complexity index is 1610. The van der Waals surface area contributed by atoms with Gasteiger partial charge in [-0.3, -0.25) is 14.5 Å². The Kier molecular flexibility index (Phi) is 6.92. The summed E-state index contributed by atoms with van der Waals surface area (Å²) < 4.78 is 1.81. The molecule has 0 aliphatic carbocycles. The number of carbonyl (C=O) groups excluding carboxylic acids is 1. The quantitative estimate of drug-likeness (QED) is 0.317. The van der Waals surface area contributed by atoms with Crippen molar-refractivity contribution in [3.05, 3.63) is 117 Å². The predicted molar refractivity (Wildman–Crippen MR) is 151 cm³/mol. The highest BCUT2D eigenvalue weighted by atomic mass is 16.1. The fourth-order valence-electron chi connectivity index (χ4n) is 5.16. The Morgan fingerprint density at radius 2 is 1.68 bits per heavy atom. The maximum atomic E-state index is 13.0. The number of nitrogen functional groups attached to an aromatic ring is 1. The van der Waals surface area contributed by atoms with Gasteiger partial charge in [0.25, 0.3) is 5.91 Å². The number of aryl methyl sites for hydroxylation is 4. The van der Waals surface area contributed by atoms with Crippen molar-refractivity contribution in [2.24, 2.45) is 0 Å². The molecule has 0 fully saturated rings. The topological polar surface area (TPSA) is 98.7 Å². The van der Waals surface area contributed by atoms with Gasteiger partial charge >= 0.3 is 0 Å². The average Bonchev–Trinajstić information content (AvgIpc) is 3.36. The van der Waals surface area contributed by atoms with Gasteiger partial charge in [0.15, 0.2) is 0 Å². The first-order valence-electron chi connectivity index (χ1n) is 12.7. The number of benzene rings is 2. The van der Waals surface area contributed by atoms with Crippen LogP contribution in [0.15, 0.2) is 67.3 Å². The van der Waals surface area contributed by atoms with Crippen LogP contribution in [-0.4, -0.2) is 25.7 Å². The zero-order valence-corrected chi connectivity index (χ0v) is 22.2. The van der Waals surface area contributed by atoms with Crippen molar-refractivity contribution in [3.63, 3.8) is 0 Å². The van der Waals surface area contributed by atoms with Crippen LogP contribution in [0.1, 0.15) is 55.0 Å². The van der Waals surface area contributed by atoms with Crippen molar-refractivity contribution in [2.75, 3.05) is 5.73 Å². The lowest BCUT2D eigenvalue weighted by Crippen LogP contribution is -2.23. The molecule has 7 heteroatoms. The van der Waals surface area contributed by atoms with Crippen molar-refractivity contribution in [1.82, 2.24) is 25.1 Å². The van der Waals surface area contributed by atoms with Gasteiger partial charge in [-0.2, -0.15) is 5.10 Å². The Morgan fingerprint density at radius 1 is 0.921 bits per heavy atom. The van der Waals surface area contributed by atoms with Gasteiger partial charge in [-0.1, -0.05) is 18.2 Å². The van der Waals surface area contributed by atoms with E-state index in [2.05, 4.69) is 59.4 Å². The summed E-state index contributed by atoms with van der Waals surface area (Å²) >= 11 is 0. The van der Waals surface area contributed by atoms with E-state index in [0.29, 0.717) is 24.5 Å². The van der Waals surface area contributed by atoms with Crippen LogP contribution in [0.25, 0.3) is 10.8 Å². The number of rotatable bonds is 7. The van der Waals surface area contributed by atoms with E-state index >= 15 is 0 Å². The average molecular weight is 505 g/mol. The van der Waals surface area contributed by atoms with Crippen LogP contribution in [0.2, 0.25) is 0 Å². The molecule has 7 nitrogen and oxygen atoms in total. The molecule has 5 rings (SSSR count). The molecule has 0 bridgehead atoms. The second-order valence-corrected chi connectivity index (χ2v) is 9.90. The highest BCUT2D eigenvalue weighted by Crippen LogP contribution is 2.28. The molecule has 3 heterocycles. The van der Waals surface area contributed by atoms with Crippen LogP contribution < -0.4 is 11.1 Å². The van der Waals surface area contributed by atoms with Gasteiger partial charge in [0.2, 0.25) is 0 Å². The molecular formula is C31H32N6O. The summed E-state index contributed by atoms with van der Waals surface area (Å²) in [6.45, 7) is 9.38. The maximum Gasteiger partial charge on any atom is 0.254 e. The fourth-order valence-corrected chi connectivity index (χ4v) is 5.16. The molecule has 2 aromatic carbocycles. The van der Waals surface area contributed by atoms with E-state index in [-0.39, 0.29) is 5.91 Å². The number of amides is 1. The molecule has 0 radical (unpaired) electrons. The molecule has 0 saturated carbocycles. The van der Waals surface area contributed by atoms with Gasteiger partial charge in [0, 0.05) is 42.6 Å². The van der Waals surface area contributed by atoms with Gasteiger partial charge in [-0.25, -0.2) is 4.98 Å². The van der Waals surface area contributed by atoms with Crippen LogP contribution in [0.4, 0.5) is 5.82 Å². The fraction of sp³-hybridized carbons (Fsp3) is 0.226. The third kappa shape index (κ3) is 5.13. The first-order chi connectivity index (χ1) is 18.3. The van der Waals surface area contributed by atoms with Crippen molar-refractivity contribution < 1.29 is 4.79 Å². The Morgan fingerprint density at radius 3 is 2.42 bits per heavy atom. The molecule has 3 aromatic heterocycles. The van der Waals surface area contributed by atoms with Gasteiger partial charge in [0.05, 0.1) is 18.3 Å². The van der Waals surface area contributed by atoms with Crippen LogP contribution in [-0.2, 0) is 19.5 Å². The number of fused-ring (bicyclic) bond motifs is 1. The van der Waals surface area contributed by atoms with E-state index < -0.39 is 0 Å². The minimum Gasteiger partial charge on any atom is -0.383 e. The lowest BCUT2D eigenvalue weighted by Gasteiger charge is -2.14. The first kappa shape index (κ1) is 25.1. The van der Waals surface area contributed by atoms with E-state index in [4.69, 9.17) is 5.73 Å². The van der Waals surface area contributed by atoms with E-state index in [1.807, 2.05) is 42.1 Å². The maximum absolute atomic E-state index is 13.0. The van der Waals surface area contributed by atoms with Crippen LogP contribution >= 0.6 is 0 Å². The molecule has 5 aromatic rings. The first-order valence-corrected chi connectivity index (χ1v) is 12.7. The summed E-state index contributed by atoms with van der Waals surface area (Å²) in [5.74, 6) is 0.368. The summed E-state index contributed by atoms with van der Waals surface area (Å²) in [5, 5.41) is 9.50. The molecule has 0 saturated heterocycles. The minimum absolute atomic E-state index is 0.151. The number of nitrogens with two attached hydrogens (primary N) is 1. The van der Waals surface area contributed by atoms with Crippen LogP contribution in [0.3, 0.4) is 0 Å². The van der Waals surface area contributed by atoms with Crippen LogP contribution in [0.5, 0.6) is 0 Å². The Labute approximate surface area is 222 Å². The largest absolute Gasteiger partial charge is 0.383 e. The molecule has 0 spiro atoms. The SMILES string of the molecule is Cc1cc(Cn2cc(C(=O)NCc3c(C)cc4c(N)nccc4c3C)cn2)cc(C)c1Cc1ccccn1. The van der Waals surface area contributed by atoms with Gasteiger partial charge in [0.1, 0.15) is 5.82 Å². The summed E-state index contributed by atoms with van der Waals surface area (Å²) in [7, 11) is 0. The molecule has 3 N–H and O–H groups in total. The van der Waals surface area contributed by atoms with Gasteiger partial charge in [-0.15, -0.1) is 0 Å². The zero-order valence-electron chi connectivity index (χ0n) is 22.2. The van der Waals surface area contributed by atoms with Crippen LogP contribution in [0, 0.1) is 27.7 Å². The molecule has 0 aliphatic rings.